The van der Waals surface area contributed by atoms with E-state index in [0.717, 1.165) is 52.4 Å². The first-order chi connectivity index (χ1) is 9.25. The molecule has 5 heteroatoms. The molecule has 0 spiro atoms. The lowest BCUT2D eigenvalue weighted by Gasteiger charge is -2.41. The summed E-state index contributed by atoms with van der Waals surface area (Å²) in [4.78, 5) is 5.13. The maximum atomic E-state index is 6.05. The van der Waals surface area contributed by atoms with Gasteiger partial charge in [-0.2, -0.15) is 0 Å². The van der Waals surface area contributed by atoms with Gasteiger partial charge in [-0.15, -0.1) is 0 Å². The minimum atomic E-state index is 0.0236. The Morgan fingerprint density at radius 3 is 2.63 bits per heavy atom. The molecule has 2 rings (SSSR count). The van der Waals surface area contributed by atoms with Gasteiger partial charge in [0.1, 0.15) is 0 Å². The third-order valence-corrected chi connectivity index (χ3v) is 4.85. The zero-order chi connectivity index (χ0) is 13.7. The van der Waals surface area contributed by atoms with Crippen LogP contribution in [0, 0.1) is 0 Å². The van der Waals surface area contributed by atoms with Crippen molar-refractivity contribution in [1.82, 2.24) is 9.80 Å². The van der Waals surface area contributed by atoms with Crippen LogP contribution < -0.4 is 5.73 Å². The van der Waals surface area contributed by atoms with Gasteiger partial charge < -0.3 is 15.2 Å². The molecule has 0 aromatic heterocycles. The Kier molecular flexibility index (Phi) is 5.59. The van der Waals surface area contributed by atoms with Crippen molar-refractivity contribution in [3.05, 3.63) is 0 Å². The molecular formula is C14H29N3O2. The van der Waals surface area contributed by atoms with Gasteiger partial charge in [-0.1, -0.05) is 6.92 Å². The molecule has 0 amide bonds. The lowest BCUT2D eigenvalue weighted by Crippen LogP contribution is -2.56. The average Bonchev–Trinajstić information content (AvgIpc) is 2.96. The van der Waals surface area contributed by atoms with Gasteiger partial charge in [0.15, 0.2) is 0 Å². The first kappa shape index (κ1) is 15.2. The van der Waals surface area contributed by atoms with Crippen molar-refractivity contribution in [2.45, 2.75) is 31.3 Å². The average molecular weight is 271 g/mol. The SMILES string of the molecule is CCC(CN)(COC)N1CCC(N2CCOCC2)C1. The van der Waals surface area contributed by atoms with Crippen LogP contribution in [0.5, 0.6) is 0 Å². The molecule has 2 aliphatic rings. The number of morpholine rings is 1. The summed E-state index contributed by atoms with van der Waals surface area (Å²) in [6, 6.07) is 0.665. The van der Waals surface area contributed by atoms with E-state index < -0.39 is 0 Å². The molecule has 2 N–H and O–H groups in total. The van der Waals surface area contributed by atoms with Gasteiger partial charge in [0.25, 0.3) is 0 Å². The first-order valence-corrected chi connectivity index (χ1v) is 7.51. The number of hydrogen-bond acceptors (Lipinski definition) is 5. The predicted molar refractivity (Wildman–Crippen MR) is 76.3 cm³/mol. The Balaban J connectivity index is 1.95. The van der Waals surface area contributed by atoms with E-state index in [1.807, 2.05) is 0 Å². The van der Waals surface area contributed by atoms with Crippen molar-refractivity contribution in [3.63, 3.8) is 0 Å². The highest BCUT2D eigenvalue weighted by Gasteiger charge is 2.40. The van der Waals surface area contributed by atoms with Crippen LogP contribution >= 0.6 is 0 Å². The molecule has 2 fully saturated rings. The largest absolute Gasteiger partial charge is 0.383 e. The third kappa shape index (κ3) is 3.28. The van der Waals surface area contributed by atoms with Crippen molar-refractivity contribution >= 4 is 0 Å². The van der Waals surface area contributed by atoms with Gasteiger partial charge in [0.2, 0.25) is 0 Å². The summed E-state index contributed by atoms with van der Waals surface area (Å²) >= 11 is 0. The maximum absolute atomic E-state index is 6.05. The second-order valence-electron chi connectivity index (χ2n) is 5.75. The molecule has 0 aromatic rings. The highest BCUT2D eigenvalue weighted by Crippen LogP contribution is 2.27. The van der Waals surface area contributed by atoms with Crippen LogP contribution in [0.2, 0.25) is 0 Å². The summed E-state index contributed by atoms with van der Waals surface area (Å²) in [5, 5.41) is 0. The topological polar surface area (TPSA) is 51.0 Å². The predicted octanol–water partition coefficient (Wildman–Crippen LogP) is 0.147. The Labute approximate surface area is 117 Å². The fourth-order valence-electron chi connectivity index (χ4n) is 3.43. The molecule has 2 unspecified atom stereocenters. The number of rotatable bonds is 6. The fourth-order valence-corrected chi connectivity index (χ4v) is 3.43. The molecule has 0 radical (unpaired) electrons. The summed E-state index contributed by atoms with van der Waals surface area (Å²) in [7, 11) is 1.77. The second-order valence-corrected chi connectivity index (χ2v) is 5.75. The van der Waals surface area contributed by atoms with Gasteiger partial charge in [0, 0.05) is 45.9 Å². The standard InChI is InChI=1S/C14H29N3O2/c1-3-14(11-15,12-18-2)17-5-4-13(10-17)16-6-8-19-9-7-16/h13H,3-12,15H2,1-2H3. The molecule has 2 atom stereocenters. The van der Waals surface area contributed by atoms with Crippen LogP contribution in [0.15, 0.2) is 0 Å². The second kappa shape index (κ2) is 6.99. The number of hydrogen-bond donors (Lipinski definition) is 1. The summed E-state index contributed by atoms with van der Waals surface area (Å²) in [6.07, 6.45) is 2.29. The molecule has 112 valence electrons. The van der Waals surface area contributed by atoms with Crippen molar-refractivity contribution in [2.75, 3.05) is 59.7 Å². The molecule has 0 aromatic carbocycles. The van der Waals surface area contributed by atoms with Crippen LogP contribution in [0.3, 0.4) is 0 Å². The molecule has 5 nitrogen and oxygen atoms in total. The van der Waals surface area contributed by atoms with Crippen molar-refractivity contribution in [3.8, 4) is 0 Å². The Hall–Kier alpha value is -0.200. The van der Waals surface area contributed by atoms with E-state index in [1.165, 1.54) is 6.42 Å². The van der Waals surface area contributed by atoms with E-state index in [-0.39, 0.29) is 5.54 Å². The molecule has 0 bridgehead atoms. The van der Waals surface area contributed by atoms with Crippen LogP contribution in [0.25, 0.3) is 0 Å². The summed E-state index contributed by atoms with van der Waals surface area (Å²) in [5.41, 5.74) is 6.08. The summed E-state index contributed by atoms with van der Waals surface area (Å²) in [6.45, 7) is 9.78. The van der Waals surface area contributed by atoms with Gasteiger partial charge >= 0.3 is 0 Å². The van der Waals surface area contributed by atoms with Crippen molar-refractivity contribution in [2.24, 2.45) is 5.73 Å². The number of nitrogens with zero attached hydrogens (tertiary/aromatic N) is 2. The van der Waals surface area contributed by atoms with Gasteiger partial charge in [-0.05, 0) is 12.8 Å². The van der Waals surface area contributed by atoms with E-state index in [9.17, 15) is 0 Å². The van der Waals surface area contributed by atoms with E-state index >= 15 is 0 Å². The van der Waals surface area contributed by atoms with E-state index in [1.54, 1.807) is 7.11 Å². The molecule has 2 heterocycles. The van der Waals surface area contributed by atoms with Gasteiger partial charge in [-0.25, -0.2) is 0 Å². The van der Waals surface area contributed by atoms with Crippen LogP contribution in [0.4, 0.5) is 0 Å². The third-order valence-electron chi connectivity index (χ3n) is 4.85. The molecule has 19 heavy (non-hydrogen) atoms. The van der Waals surface area contributed by atoms with Crippen LogP contribution in [-0.4, -0.2) is 81.0 Å². The monoisotopic (exact) mass is 271 g/mol. The van der Waals surface area contributed by atoms with Gasteiger partial charge in [0.05, 0.1) is 25.4 Å². The smallest absolute Gasteiger partial charge is 0.0658 e. The zero-order valence-electron chi connectivity index (χ0n) is 12.4. The molecular weight excluding hydrogens is 242 g/mol. The summed E-state index contributed by atoms with van der Waals surface area (Å²) in [5.74, 6) is 0. The molecule has 2 saturated heterocycles. The minimum Gasteiger partial charge on any atom is -0.383 e. The number of methoxy groups -OCH3 is 1. The molecule has 2 aliphatic heterocycles. The fraction of sp³-hybridized carbons (Fsp3) is 1.00. The molecule has 0 saturated carbocycles. The van der Waals surface area contributed by atoms with Gasteiger partial charge in [-0.3, -0.25) is 9.80 Å². The highest BCUT2D eigenvalue weighted by atomic mass is 16.5. The summed E-state index contributed by atoms with van der Waals surface area (Å²) < 4.78 is 10.9. The quantitative estimate of drug-likeness (QED) is 0.745. The first-order valence-electron chi connectivity index (χ1n) is 7.51. The highest BCUT2D eigenvalue weighted by molar-refractivity contribution is 4.97. The molecule has 0 aliphatic carbocycles. The maximum Gasteiger partial charge on any atom is 0.0658 e. The lowest BCUT2D eigenvalue weighted by molar-refractivity contribution is 0.00274. The van der Waals surface area contributed by atoms with Crippen LogP contribution in [-0.2, 0) is 9.47 Å². The number of ether oxygens (including phenoxy) is 2. The zero-order valence-corrected chi connectivity index (χ0v) is 12.4. The van der Waals surface area contributed by atoms with Crippen LogP contribution in [0.1, 0.15) is 19.8 Å². The van der Waals surface area contributed by atoms with Crippen molar-refractivity contribution in [1.29, 1.82) is 0 Å². The number of likely N-dealkylation sites (tertiary alicyclic amines) is 1. The lowest BCUT2D eigenvalue weighted by atomic mass is 9.95. The van der Waals surface area contributed by atoms with E-state index in [4.69, 9.17) is 15.2 Å². The Morgan fingerprint density at radius 1 is 1.32 bits per heavy atom. The minimum absolute atomic E-state index is 0.0236. The normalized spacial score (nSPS) is 29.5. The Bertz CT molecular complexity index is 265. The number of nitrogens with two attached hydrogens (primary N) is 1. The van der Waals surface area contributed by atoms with E-state index in [0.29, 0.717) is 12.6 Å². The van der Waals surface area contributed by atoms with Crippen molar-refractivity contribution < 1.29 is 9.47 Å². The van der Waals surface area contributed by atoms with E-state index in [2.05, 4.69) is 16.7 Å². The Morgan fingerprint density at radius 2 is 2.05 bits per heavy atom.